The maximum absolute atomic E-state index is 14.1. The van der Waals surface area contributed by atoms with Gasteiger partial charge < -0.3 is 14.2 Å². The number of ether oxygens (including phenoxy) is 3. The molecule has 4 aromatic rings. The van der Waals surface area contributed by atoms with E-state index in [0.717, 1.165) is 24.7 Å². The molecule has 0 spiro atoms. The number of fused-ring (bicyclic) bond motifs is 1. The number of esters is 1. The maximum Gasteiger partial charge on any atom is 0.338 e. The first-order valence-electron chi connectivity index (χ1n) is 13.5. The average molecular weight is 794 g/mol. The largest absolute Gasteiger partial charge is 0.494 e. The maximum atomic E-state index is 14.1. The van der Waals surface area contributed by atoms with Crippen LogP contribution in [-0.4, -0.2) is 23.8 Å². The summed E-state index contributed by atoms with van der Waals surface area (Å²) in [4.78, 5) is 32.5. The predicted molar refractivity (Wildman–Crippen MR) is 181 cm³/mol. The van der Waals surface area contributed by atoms with E-state index < -0.39 is 12.0 Å². The third-order valence-electron chi connectivity index (χ3n) is 6.64. The summed E-state index contributed by atoms with van der Waals surface area (Å²) in [6, 6.07) is 18.0. The molecule has 0 amide bonds. The van der Waals surface area contributed by atoms with Gasteiger partial charge in [-0.05, 0) is 97.0 Å². The van der Waals surface area contributed by atoms with Crippen molar-refractivity contribution in [3.8, 4) is 11.5 Å². The number of aromatic nitrogens is 1. The van der Waals surface area contributed by atoms with Crippen LogP contribution in [0.4, 0.5) is 0 Å². The molecule has 43 heavy (non-hydrogen) atoms. The summed E-state index contributed by atoms with van der Waals surface area (Å²) in [6.07, 6.45) is 1.81. The van der Waals surface area contributed by atoms with Gasteiger partial charge in [0.25, 0.3) is 5.56 Å². The molecule has 1 aliphatic rings. The van der Waals surface area contributed by atoms with Crippen molar-refractivity contribution < 1.29 is 19.0 Å². The van der Waals surface area contributed by atoms with E-state index in [9.17, 15) is 9.59 Å². The Labute approximate surface area is 279 Å². The van der Waals surface area contributed by atoms with Crippen molar-refractivity contribution in [3.05, 3.63) is 121 Å². The third kappa shape index (κ3) is 6.92. The highest BCUT2D eigenvalue weighted by atomic mass is 127. The van der Waals surface area contributed by atoms with Gasteiger partial charge in [0, 0.05) is 15.1 Å². The van der Waals surface area contributed by atoms with Gasteiger partial charge in [-0.25, -0.2) is 9.79 Å². The molecular formula is C32H27BrClIN2O5S. The first-order valence-corrected chi connectivity index (χ1v) is 16.6. The van der Waals surface area contributed by atoms with Gasteiger partial charge in [-0.2, -0.15) is 0 Å². The first kappa shape index (κ1) is 31.5. The van der Waals surface area contributed by atoms with Crippen molar-refractivity contribution >= 4 is 73.5 Å². The molecule has 1 atom stereocenters. The van der Waals surface area contributed by atoms with Crippen LogP contribution < -0.4 is 24.4 Å². The van der Waals surface area contributed by atoms with Gasteiger partial charge in [-0.1, -0.05) is 63.1 Å². The van der Waals surface area contributed by atoms with Gasteiger partial charge in [-0.3, -0.25) is 9.36 Å². The highest BCUT2D eigenvalue weighted by molar-refractivity contribution is 14.1. The molecule has 7 nitrogen and oxygen atoms in total. The normalized spacial score (nSPS) is 14.7. The minimum atomic E-state index is -0.712. The second-order valence-corrected chi connectivity index (χ2v) is 13.0. The topological polar surface area (TPSA) is 79.1 Å². The zero-order chi connectivity index (χ0) is 30.7. The Morgan fingerprint density at radius 1 is 1.09 bits per heavy atom. The van der Waals surface area contributed by atoms with E-state index in [-0.39, 0.29) is 12.2 Å². The molecule has 5 rings (SSSR count). The number of thiazole rings is 1. The summed E-state index contributed by atoms with van der Waals surface area (Å²) in [7, 11) is 0. The van der Waals surface area contributed by atoms with E-state index in [1.807, 2.05) is 73.7 Å². The molecule has 0 fully saturated rings. The molecule has 1 aromatic heterocycles. The summed E-state index contributed by atoms with van der Waals surface area (Å²) >= 11 is 13.1. The molecule has 0 aliphatic carbocycles. The molecule has 0 saturated heterocycles. The number of allylic oxidation sites excluding steroid dienone is 1. The summed E-state index contributed by atoms with van der Waals surface area (Å²) in [5.74, 6) is 0.847. The van der Waals surface area contributed by atoms with E-state index in [4.69, 9.17) is 25.8 Å². The number of rotatable bonds is 9. The van der Waals surface area contributed by atoms with Gasteiger partial charge in [0.2, 0.25) is 0 Å². The van der Waals surface area contributed by atoms with E-state index >= 15 is 0 Å². The average Bonchev–Trinajstić information content (AvgIpc) is 3.27. The highest BCUT2D eigenvalue weighted by Gasteiger charge is 2.33. The number of halogens is 3. The molecule has 11 heteroatoms. The van der Waals surface area contributed by atoms with Crippen LogP contribution in [0.5, 0.6) is 11.5 Å². The lowest BCUT2D eigenvalue weighted by Gasteiger charge is -2.24. The monoisotopic (exact) mass is 792 g/mol. The Hall–Kier alpha value is -2.93. The van der Waals surface area contributed by atoms with Crippen molar-refractivity contribution in [2.24, 2.45) is 4.99 Å². The zero-order valence-electron chi connectivity index (χ0n) is 23.5. The number of carbonyl (C=O) groups excluding carboxylic acids is 1. The lowest BCUT2D eigenvalue weighted by atomic mass is 9.96. The van der Waals surface area contributed by atoms with Crippen LogP contribution in [0.3, 0.4) is 0 Å². The number of hydrogen-bond donors (Lipinski definition) is 0. The first-order chi connectivity index (χ1) is 20.7. The van der Waals surface area contributed by atoms with Gasteiger partial charge >= 0.3 is 5.97 Å². The summed E-state index contributed by atoms with van der Waals surface area (Å²) in [5.41, 5.74) is 3.01. The Morgan fingerprint density at radius 2 is 1.81 bits per heavy atom. The van der Waals surface area contributed by atoms with E-state index in [1.165, 1.54) is 11.3 Å². The minimum absolute atomic E-state index is 0.205. The molecular weight excluding hydrogens is 767 g/mol. The third-order valence-corrected chi connectivity index (χ3v) is 9.14. The van der Waals surface area contributed by atoms with Crippen LogP contribution in [0, 0.1) is 3.57 Å². The molecule has 0 radical (unpaired) electrons. The van der Waals surface area contributed by atoms with Gasteiger partial charge in [-0.15, -0.1) is 0 Å². The SMILES string of the molecule is CCOC(=O)C1=C(C)N=c2s/c(=C\c3cc(Br)cc(I)c3OCc3ccc(Cl)cc3)c(=O)n2[C@H]1c1ccc(OCC)cc1. The lowest BCUT2D eigenvalue weighted by Crippen LogP contribution is -2.39. The van der Waals surface area contributed by atoms with Crippen molar-refractivity contribution in [2.45, 2.75) is 33.4 Å². The summed E-state index contributed by atoms with van der Waals surface area (Å²) < 4.78 is 21.0. The lowest BCUT2D eigenvalue weighted by molar-refractivity contribution is -0.139. The second kappa shape index (κ2) is 13.8. The number of benzene rings is 3. The van der Waals surface area contributed by atoms with Crippen LogP contribution in [0.2, 0.25) is 5.02 Å². The van der Waals surface area contributed by atoms with Gasteiger partial charge in [0.1, 0.15) is 18.1 Å². The second-order valence-electron chi connectivity index (χ2n) is 9.53. The molecule has 0 bridgehead atoms. The molecule has 2 heterocycles. The van der Waals surface area contributed by atoms with Crippen molar-refractivity contribution in [2.75, 3.05) is 13.2 Å². The van der Waals surface area contributed by atoms with E-state index in [1.54, 1.807) is 18.4 Å². The zero-order valence-corrected chi connectivity index (χ0v) is 28.8. The van der Waals surface area contributed by atoms with Crippen LogP contribution in [-0.2, 0) is 16.1 Å². The van der Waals surface area contributed by atoms with Crippen molar-refractivity contribution in [1.29, 1.82) is 0 Å². The fraction of sp³-hybridized carbons (Fsp3) is 0.219. The highest BCUT2D eigenvalue weighted by Crippen LogP contribution is 2.33. The molecule has 3 aromatic carbocycles. The molecule has 0 unspecified atom stereocenters. The Bertz CT molecular complexity index is 1880. The quantitative estimate of drug-likeness (QED) is 0.138. The minimum Gasteiger partial charge on any atom is -0.494 e. The van der Waals surface area contributed by atoms with Crippen LogP contribution in [0.25, 0.3) is 6.08 Å². The number of carbonyl (C=O) groups is 1. The molecule has 1 aliphatic heterocycles. The van der Waals surface area contributed by atoms with Crippen LogP contribution in [0.1, 0.15) is 43.5 Å². The summed E-state index contributed by atoms with van der Waals surface area (Å²) in [6.45, 7) is 6.50. The molecule has 222 valence electrons. The Morgan fingerprint density at radius 3 is 2.49 bits per heavy atom. The van der Waals surface area contributed by atoms with Crippen molar-refractivity contribution in [1.82, 2.24) is 4.57 Å². The van der Waals surface area contributed by atoms with Crippen molar-refractivity contribution in [3.63, 3.8) is 0 Å². The predicted octanol–water partition coefficient (Wildman–Crippen LogP) is 6.80. The Balaban J connectivity index is 1.63. The standard InChI is InChI=1S/C32H27BrClIN2O5S/c1-4-40-24-12-8-20(9-13-24)28-27(31(39)41-5-2)18(3)36-32-37(28)30(38)26(43-32)15-21-14-22(33)16-25(35)29(21)42-17-19-6-10-23(34)11-7-19/h6-16,28H,4-5,17H2,1-3H3/b26-15-/t28-/m0/s1. The fourth-order valence-corrected chi connectivity index (χ4v) is 7.61. The fourth-order valence-electron chi connectivity index (χ4n) is 4.74. The van der Waals surface area contributed by atoms with Gasteiger partial charge in [0.15, 0.2) is 4.80 Å². The number of hydrogen-bond acceptors (Lipinski definition) is 7. The number of nitrogens with zero attached hydrogens (tertiary/aromatic N) is 2. The summed E-state index contributed by atoms with van der Waals surface area (Å²) in [5, 5.41) is 0.655. The van der Waals surface area contributed by atoms with Crippen LogP contribution in [0.15, 0.2) is 86.2 Å². The smallest absolute Gasteiger partial charge is 0.338 e. The molecule has 0 saturated carbocycles. The van der Waals surface area contributed by atoms with E-state index in [2.05, 4.69) is 43.5 Å². The van der Waals surface area contributed by atoms with Gasteiger partial charge in [0.05, 0.1) is 38.6 Å². The van der Waals surface area contributed by atoms with Crippen LogP contribution >= 0.6 is 61.5 Å². The Kier molecular flexibility index (Phi) is 10.1. The molecule has 0 N–H and O–H groups in total. The van der Waals surface area contributed by atoms with E-state index in [0.29, 0.717) is 50.3 Å².